The first-order valence-electron chi connectivity index (χ1n) is 5.23. The summed E-state index contributed by atoms with van der Waals surface area (Å²) in [6, 6.07) is 0. The van der Waals surface area contributed by atoms with Gasteiger partial charge in [-0.05, 0) is 37.0 Å². The van der Waals surface area contributed by atoms with Gasteiger partial charge >= 0.3 is 0 Å². The molecule has 14 heavy (non-hydrogen) atoms. The lowest BCUT2D eigenvalue weighted by Gasteiger charge is -2.34. The Morgan fingerprint density at radius 1 is 1.29 bits per heavy atom. The van der Waals surface area contributed by atoms with Crippen LogP contribution in [0.1, 0.15) is 39.5 Å². The standard InChI is InChI=1S/C10H21NO2S/c1-10(2)6-4-9(5-7-10)8-11-14(3,12)13/h9,11H,4-8H2,1-3H3. The van der Waals surface area contributed by atoms with Gasteiger partial charge in [-0.3, -0.25) is 0 Å². The molecule has 0 bridgehead atoms. The Balaban J connectivity index is 2.30. The van der Waals surface area contributed by atoms with Gasteiger partial charge in [-0.2, -0.15) is 0 Å². The minimum Gasteiger partial charge on any atom is -0.215 e. The van der Waals surface area contributed by atoms with Crippen LogP contribution in [0, 0.1) is 11.3 Å². The lowest BCUT2D eigenvalue weighted by Crippen LogP contribution is -2.32. The van der Waals surface area contributed by atoms with Crippen LogP contribution in [0.15, 0.2) is 0 Å². The quantitative estimate of drug-likeness (QED) is 0.786. The number of rotatable bonds is 3. The normalized spacial score (nSPS) is 23.6. The molecule has 0 aromatic carbocycles. The van der Waals surface area contributed by atoms with Gasteiger partial charge in [0.15, 0.2) is 0 Å². The van der Waals surface area contributed by atoms with Crippen LogP contribution in [0.3, 0.4) is 0 Å². The van der Waals surface area contributed by atoms with E-state index in [1.165, 1.54) is 19.1 Å². The van der Waals surface area contributed by atoms with Crippen molar-refractivity contribution in [3.8, 4) is 0 Å². The molecular weight excluding hydrogens is 198 g/mol. The zero-order valence-electron chi connectivity index (χ0n) is 9.34. The molecule has 1 N–H and O–H groups in total. The average molecular weight is 219 g/mol. The van der Waals surface area contributed by atoms with E-state index in [9.17, 15) is 8.42 Å². The molecule has 1 saturated carbocycles. The fraction of sp³-hybridized carbons (Fsp3) is 1.00. The summed E-state index contributed by atoms with van der Waals surface area (Å²) in [6.45, 7) is 5.19. The molecule has 1 aliphatic carbocycles. The molecule has 4 heteroatoms. The van der Waals surface area contributed by atoms with Crippen LogP contribution in [-0.4, -0.2) is 21.2 Å². The molecule has 1 rings (SSSR count). The van der Waals surface area contributed by atoms with Gasteiger partial charge in [-0.25, -0.2) is 13.1 Å². The van der Waals surface area contributed by atoms with Crippen LogP contribution in [0.2, 0.25) is 0 Å². The number of sulfonamides is 1. The maximum atomic E-state index is 10.9. The SMILES string of the molecule is CC1(C)CCC(CNS(C)(=O)=O)CC1. The molecule has 0 radical (unpaired) electrons. The lowest BCUT2D eigenvalue weighted by atomic mass is 9.73. The Hall–Kier alpha value is -0.0900. The number of hydrogen-bond acceptors (Lipinski definition) is 2. The summed E-state index contributed by atoms with van der Waals surface area (Å²) in [7, 11) is -3.00. The highest BCUT2D eigenvalue weighted by Gasteiger charge is 2.26. The molecule has 0 heterocycles. The predicted octanol–water partition coefficient (Wildman–Crippen LogP) is 1.75. The first kappa shape index (κ1) is 12.0. The summed E-state index contributed by atoms with van der Waals surface area (Å²) in [5, 5.41) is 0. The Labute approximate surface area is 87.3 Å². The molecule has 0 spiro atoms. The molecule has 0 atom stereocenters. The molecule has 0 aromatic heterocycles. The van der Waals surface area contributed by atoms with Crippen molar-refractivity contribution in [1.82, 2.24) is 4.72 Å². The Morgan fingerprint density at radius 3 is 2.21 bits per heavy atom. The molecule has 0 aromatic rings. The Bertz CT molecular complexity index is 272. The van der Waals surface area contributed by atoms with Crippen LogP contribution < -0.4 is 4.72 Å². The largest absolute Gasteiger partial charge is 0.215 e. The molecule has 84 valence electrons. The zero-order chi connectivity index (χ0) is 10.8. The first-order chi connectivity index (χ1) is 6.29. The third kappa shape index (κ3) is 4.42. The Kier molecular flexibility index (Phi) is 3.58. The van der Waals surface area contributed by atoms with E-state index < -0.39 is 10.0 Å². The van der Waals surface area contributed by atoms with Gasteiger partial charge in [-0.1, -0.05) is 13.8 Å². The summed E-state index contributed by atoms with van der Waals surface area (Å²) in [5.74, 6) is 0.540. The second-order valence-electron chi connectivity index (χ2n) is 5.23. The minimum absolute atomic E-state index is 0.460. The van der Waals surface area contributed by atoms with E-state index in [-0.39, 0.29) is 0 Å². The van der Waals surface area contributed by atoms with E-state index in [2.05, 4.69) is 18.6 Å². The van der Waals surface area contributed by atoms with Crippen LogP contribution in [0.4, 0.5) is 0 Å². The van der Waals surface area contributed by atoms with Crippen molar-refractivity contribution in [3.05, 3.63) is 0 Å². The first-order valence-corrected chi connectivity index (χ1v) is 7.12. The van der Waals surface area contributed by atoms with Gasteiger partial charge < -0.3 is 0 Å². The number of hydrogen-bond donors (Lipinski definition) is 1. The summed E-state index contributed by atoms with van der Waals surface area (Å²) < 4.78 is 24.4. The third-order valence-corrected chi connectivity index (χ3v) is 3.78. The third-order valence-electron chi connectivity index (χ3n) is 3.09. The van der Waals surface area contributed by atoms with Gasteiger partial charge in [0.1, 0.15) is 0 Å². The summed E-state index contributed by atoms with van der Waals surface area (Å²) in [4.78, 5) is 0. The van der Waals surface area contributed by atoms with Crippen molar-refractivity contribution in [2.45, 2.75) is 39.5 Å². The molecule has 0 aliphatic heterocycles. The molecular formula is C10H21NO2S. The van der Waals surface area contributed by atoms with Crippen LogP contribution in [0.5, 0.6) is 0 Å². The van der Waals surface area contributed by atoms with Gasteiger partial charge in [0.2, 0.25) is 10.0 Å². The van der Waals surface area contributed by atoms with Gasteiger partial charge in [0, 0.05) is 6.54 Å². The monoisotopic (exact) mass is 219 g/mol. The average Bonchev–Trinajstić information content (AvgIpc) is 2.01. The highest BCUT2D eigenvalue weighted by molar-refractivity contribution is 7.88. The van der Waals surface area contributed by atoms with Crippen molar-refractivity contribution in [2.75, 3.05) is 12.8 Å². The molecule has 0 amide bonds. The second kappa shape index (κ2) is 4.19. The molecule has 3 nitrogen and oxygen atoms in total. The van der Waals surface area contributed by atoms with Crippen molar-refractivity contribution in [2.24, 2.45) is 11.3 Å². The summed E-state index contributed by atoms with van der Waals surface area (Å²) in [5.41, 5.74) is 0.460. The molecule has 1 fully saturated rings. The second-order valence-corrected chi connectivity index (χ2v) is 7.06. The van der Waals surface area contributed by atoms with E-state index in [4.69, 9.17) is 0 Å². The van der Waals surface area contributed by atoms with E-state index >= 15 is 0 Å². The minimum atomic E-state index is -3.00. The van der Waals surface area contributed by atoms with Crippen molar-refractivity contribution >= 4 is 10.0 Å². The van der Waals surface area contributed by atoms with E-state index in [0.29, 0.717) is 17.9 Å². The van der Waals surface area contributed by atoms with Gasteiger partial charge in [0.25, 0.3) is 0 Å². The zero-order valence-corrected chi connectivity index (χ0v) is 10.2. The fourth-order valence-corrected chi connectivity index (χ4v) is 2.47. The maximum Gasteiger partial charge on any atom is 0.208 e. The van der Waals surface area contributed by atoms with E-state index in [0.717, 1.165) is 12.8 Å². The van der Waals surface area contributed by atoms with E-state index in [1.54, 1.807) is 0 Å². The summed E-state index contributed by atoms with van der Waals surface area (Å²) in [6.07, 6.45) is 5.94. The molecule has 0 saturated heterocycles. The Morgan fingerprint density at radius 2 is 1.79 bits per heavy atom. The fourth-order valence-electron chi connectivity index (χ4n) is 1.93. The maximum absolute atomic E-state index is 10.9. The predicted molar refractivity (Wildman–Crippen MR) is 58.6 cm³/mol. The van der Waals surface area contributed by atoms with Crippen molar-refractivity contribution in [1.29, 1.82) is 0 Å². The topological polar surface area (TPSA) is 46.2 Å². The van der Waals surface area contributed by atoms with Crippen LogP contribution in [-0.2, 0) is 10.0 Å². The lowest BCUT2D eigenvalue weighted by molar-refractivity contribution is 0.193. The van der Waals surface area contributed by atoms with Gasteiger partial charge in [-0.15, -0.1) is 0 Å². The number of nitrogens with one attached hydrogen (secondary N) is 1. The molecule has 1 aliphatic rings. The van der Waals surface area contributed by atoms with Crippen molar-refractivity contribution in [3.63, 3.8) is 0 Å². The smallest absolute Gasteiger partial charge is 0.208 e. The van der Waals surface area contributed by atoms with Crippen molar-refractivity contribution < 1.29 is 8.42 Å². The highest BCUT2D eigenvalue weighted by Crippen LogP contribution is 2.37. The van der Waals surface area contributed by atoms with Crippen LogP contribution in [0.25, 0.3) is 0 Å². The molecule has 0 unspecified atom stereocenters. The van der Waals surface area contributed by atoms with Gasteiger partial charge in [0.05, 0.1) is 6.26 Å². The summed E-state index contributed by atoms with van der Waals surface area (Å²) >= 11 is 0. The van der Waals surface area contributed by atoms with E-state index in [1.807, 2.05) is 0 Å². The van der Waals surface area contributed by atoms with Crippen LogP contribution >= 0.6 is 0 Å². The highest BCUT2D eigenvalue weighted by atomic mass is 32.2.